The number of rotatable bonds is 2. The number of halogens is 1. The van der Waals surface area contributed by atoms with Gasteiger partial charge in [-0.3, -0.25) is 9.69 Å². The second kappa shape index (κ2) is 6.07. The average molecular weight is 389 g/mol. The second-order valence-electron chi connectivity index (χ2n) is 7.15. The first-order chi connectivity index (χ1) is 14.0. The molecule has 5 rings (SSSR count). The first-order valence-corrected chi connectivity index (χ1v) is 9.07. The number of benzene rings is 3. The molecule has 7 heteroatoms. The lowest BCUT2D eigenvalue weighted by molar-refractivity contribution is 0.100. The number of aromatic amines is 1. The standard InChI is InChI=1S/C22H16FN3O3/c23-16-8-14(21(24)27)20-19(13-5-1-2-7-17(13)25-20)18(16)12-6-3-4-11-9-26(22(28)29)10-15(11)12/h1-8,25H,9-10H2,(H2,24,27)(H,28,29). The molecular formula is C22H16FN3O3. The van der Waals surface area contributed by atoms with E-state index in [9.17, 15) is 14.7 Å². The summed E-state index contributed by atoms with van der Waals surface area (Å²) in [5.41, 5.74) is 9.39. The molecular weight excluding hydrogens is 373 g/mol. The molecule has 0 bridgehead atoms. The number of carbonyl (C=O) groups excluding carboxylic acids is 1. The van der Waals surface area contributed by atoms with Gasteiger partial charge in [0.2, 0.25) is 0 Å². The quantitative estimate of drug-likeness (QED) is 0.479. The van der Waals surface area contributed by atoms with Crippen molar-refractivity contribution in [3.63, 3.8) is 0 Å². The lowest BCUT2D eigenvalue weighted by atomic mass is 9.91. The Morgan fingerprint density at radius 1 is 1.10 bits per heavy atom. The minimum atomic E-state index is -1.02. The van der Waals surface area contributed by atoms with Crippen molar-refractivity contribution < 1.29 is 19.1 Å². The van der Waals surface area contributed by atoms with Crippen molar-refractivity contribution in [2.24, 2.45) is 5.73 Å². The number of hydrogen-bond acceptors (Lipinski definition) is 2. The van der Waals surface area contributed by atoms with Crippen LogP contribution in [-0.4, -0.2) is 27.0 Å². The summed E-state index contributed by atoms with van der Waals surface area (Å²) in [5.74, 6) is -1.29. The van der Waals surface area contributed by atoms with Gasteiger partial charge >= 0.3 is 6.09 Å². The zero-order valence-electron chi connectivity index (χ0n) is 15.2. The summed E-state index contributed by atoms with van der Waals surface area (Å²) in [4.78, 5) is 27.9. The van der Waals surface area contributed by atoms with E-state index in [2.05, 4.69) is 4.98 Å². The molecule has 0 saturated carbocycles. The van der Waals surface area contributed by atoms with Crippen LogP contribution in [-0.2, 0) is 13.1 Å². The van der Waals surface area contributed by atoms with Gasteiger partial charge in [0.15, 0.2) is 0 Å². The average Bonchev–Trinajstić information content (AvgIpc) is 3.29. The molecule has 1 aromatic heterocycles. The Hall–Kier alpha value is -3.87. The number of carboxylic acid groups (broad SMARTS) is 1. The molecule has 0 saturated heterocycles. The fourth-order valence-electron chi connectivity index (χ4n) is 4.24. The first kappa shape index (κ1) is 17.2. The van der Waals surface area contributed by atoms with Gasteiger partial charge < -0.3 is 15.8 Å². The van der Waals surface area contributed by atoms with E-state index in [1.165, 1.54) is 4.90 Å². The summed E-state index contributed by atoms with van der Waals surface area (Å²) >= 11 is 0. The van der Waals surface area contributed by atoms with Crippen LogP contribution in [0.1, 0.15) is 21.5 Å². The number of amides is 2. The normalized spacial score (nSPS) is 13.2. The number of primary amides is 1. The predicted molar refractivity (Wildman–Crippen MR) is 107 cm³/mol. The minimum Gasteiger partial charge on any atom is -0.465 e. The number of carbonyl (C=O) groups is 2. The lowest BCUT2D eigenvalue weighted by Gasteiger charge is -2.13. The molecule has 0 aliphatic carbocycles. The third-order valence-corrected chi connectivity index (χ3v) is 5.52. The molecule has 4 N–H and O–H groups in total. The van der Waals surface area contributed by atoms with Crippen LogP contribution in [0.5, 0.6) is 0 Å². The summed E-state index contributed by atoms with van der Waals surface area (Å²) in [5, 5.41) is 10.7. The summed E-state index contributed by atoms with van der Waals surface area (Å²) < 4.78 is 15.4. The molecule has 144 valence electrons. The Bertz CT molecular complexity index is 1340. The van der Waals surface area contributed by atoms with E-state index in [-0.39, 0.29) is 18.7 Å². The maximum Gasteiger partial charge on any atom is 0.407 e. The number of hydrogen-bond donors (Lipinski definition) is 3. The first-order valence-electron chi connectivity index (χ1n) is 9.07. The van der Waals surface area contributed by atoms with Crippen LogP contribution < -0.4 is 5.73 Å². The zero-order valence-corrected chi connectivity index (χ0v) is 15.2. The molecule has 0 atom stereocenters. The lowest BCUT2D eigenvalue weighted by Crippen LogP contribution is -2.22. The van der Waals surface area contributed by atoms with Gasteiger partial charge in [-0.1, -0.05) is 36.4 Å². The fraction of sp³-hybridized carbons (Fsp3) is 0.0909. The molecule has 2 amide bonds. The van der Waals surface area contributed by atoms with Crippen molar-refractivity contribution in [1.29, 1.82) is 0 Å². The minimum absolute atomic E-state index is 0.0807. The third-order valence-electron chi connectivity index (χ3n) is 5.52. The van der Waals surface area contributed by atoms with E-state index < -0.39 is 17.8 Å². The smallest absolute Gasteiger partial charge is 0.407 e. The van der Waals surface area contributed by atoms with Crippen LogP contribution >= 0.6 is 0 Å². The SMILES string of the molecule is NC(=O)c1cc(F)c(-c2cccc3c2CN(C(=O)O)C3)c2c1[nH]c1ccccc12. The number of fused-ring (bicyclic) bond motifs is 4. The molecule has 29 heavy (non-hydrogen) atoms. The highest BCUT2D eigenvalue weighted by Crippen LogP contribution is 2.41. The van der Waals surface area contributed by atoms with Gasteiger partial charge in [-0.25, -0.2) is 9.18 Å². The Morgan fingerprint density at radius 3 is 2.66 bits per heavy atom. The van der Waals surface area contributed by atoms with Gasteiger partial charge in [0.25, 0.3) is 5.91 Å². The number of nitrogens with one attached hydrogen (secondary N) is 1. The van der Waals surface area contributed by atoms with Crippen molar-refractivity contribution in [2.45, 2.75) is 13.1 Å². The van der Waals surface area contributed by atoms with Crippen LogP contribution in [0.25, 0.3) is 32.9 Å². The summed E-state index contributed by atoms with van der Waals surface area (Å²) in [6.07, 6.45) is -1.02. The van der Waals surface area contributed by atoms with Crippen molar-refractivity contribution in [2.75, 3.05) is 0 Å². The highest BCUT2D eigenvalue weighted by Gasteiger charge is 2.28. The maximum absolute atomic E-state index is 15.4. The highest BCUT2D eigenvalue weighted by molar-refractivity contribution is 6.20. The number of H-pyrrole nitrogens is 1. The molecule has 2 heterocycles. The molecule has 0 radical (unpaired) electrons. The molecule has 4 aromatic rings. The van der Waals surface area contributed by atoms with Gasteiger partial charge in [-0.05, 0) is 28.8 Å². The summed E-state index contributed by atoms with van der Waals surface area (Å²) in [6.45, 7) is 0.443. The van der Waals surface area contributed by atoms with E-state index >= 15 is 4.39 Å². The van der Waals surface area contributed by atoms with Crippen molar-refractivity contribution in [3.8, 4) is 11.1 Å². The topological polar surface area (TPSA) is 99.4 Å². The van der Waals surface area contributed by atoms with Gasteiger partial charge in [0.05, 0.1) is 17.6 Å². The number of para-hydroxylation sites is 1. The van der Waals surface area contributed by atoms with Crippen LogP contribution in [0, 0.1) is 5.82 Å². The van der Waals surface area contributed by atoms with Gasteiger partial charge in [-0.15, -0.1) is 0 Å². The molecule has 0 spiro atoms. The molecule has 3 aromatic carbocycles. The van der Waals surface area contributed by atoms with Gasteiger partial charge in [0, 0.05) is 28.4 Å². The van der Waals surface area contributed by atoms with Crippen molar-refractivity contribution in [3.05, 3.63) is 71.0 Å². The number of nitrogens with two attached hydrogens (primary N) is 1. The van der Waals surface area contributed by atoms with Crippen molar-refractivity contribution >= 4 is 33.8 Å². The summed E-state index contributed by atoms with van der Waals surface area (Å²) in [6, 6.07) is 14.0. The van der Waals surface area contributed by atoms with E-state index in [1.54, 1.807) is 12.1 Å². The van der Waals surface area contributed by atoms with Crippen LogP contribution in [0.2, 0.25) is 0 Å². The van der Waals surface area contributed by atoms with Crippen molar-refractivity contribution in [1.82, 2.24) is 9.88 Å². The molecule has 0 unspecified atom stereocenters. The molecule has 6 nitrogen and oxygen atoms in total. The van der Waals surface area contributed by atoms with Crippen LogP contribution in [0.4, 0.5) is 9.18 Å². The maximum atomic E-state index is 15.4. The van der Waals surface area contributed by atoms with Crippen LogP contribution in [0.3, 0.4) is 0 Å². The van der Waals surface area contributed by atoms with E-state index in [0.29, 0.717) is 22.0 Å². The number of nitrogens with zero attached hydrogens (tertiary/aromatic N) is 1. The zero-order chi connectivity index (χ0) is 20.3. The van der Waals surface area contributed by atoms with E-state index in [0.717, 1.165) is 28.1 Å². The van der Waals surface area contributed by atoms with Gasteiger partial charge in [0.1, 0.15) is 5.82 Å². The Balaban J connectivity index is 1.88. The van der Waals surface area contributed by atoms with Gasteiger partial charge in [-0.2, -0.15) is 0 Å². The monoisotopic (exact) mass is 389 g/mol. The van der Waals surface area contributed by atoms with E-state index in [1.807, 2.05) is 30.3 Å². The molecule has 1 aliphatic heterocycles. The second-order valence-corrected chi connectivity index (χ2v) is 7.15. The molecule has 0 fully saturated rings. The third kappa shape index (κ3) is 2.47. The van der Waals surface area contributed by atoms with E-state index in [4.69, 9.17) is 5.73 Å². The molecule has 1 aliphatic rings. The predicted octanol–water partition coefficient (Wildman–Crippen LogP) is 4.22. The summed E-state index contributed by atoms with van der Waals surface area (Å²) in [7, 11) is 0. The Morgan fingerprint density at radius 2 is 1.90 bits per heavy atom. The van der Waals surface area contributed by atoms with Crippen LogP contribution in [0.15, 0.2) is 48.5 Å². The fourth-order valence-corrected chi connectivity index (χ4v) is 4.24. The highest BCUT2D eigenvalue weighted by atomic mass is 19.1. The Kier molecular flexibility index (Phi) is 3.61. The largest absolute Gasteiger partial charge is 0.465 e. The number of aromatic nitrogens is 1. The Labute approximate surface area is 164 Å².